The number of rotatable bonds is 0. The molecule has 0 aromatic heterocycles. The lowest BCUT2D eigenvalue weighted by Gasteiger charge is -2.57. The van der Waals surface area contributed by atoms with Crippen LogP contribution in [0.5, 0.6) is 0 Å². The van der Waals surface area contributed by atoms with Crippen molar-refractivity contribution in [1.29, 1.82) is 0 Å². The molecule has 4 heterocycles. The molecule has 7 heteroatoms. The van der Waals surface area contributed by atoms with E-state index >= 15 is 0 Å². The smallest absolute Gasteiger partial charge is 0.0777 e. The number of halogens is 1. The van der Waals surface area contributed by atoms with E-state index in [9.17, 15) is 0 Å². The molecule has 2 unspecified atom stereocenters. The standard InChI is InChI=1S/C15H26N2.ClHO4/c1-3-7-16-11-13-9-12(14(16)5-1)10-17-8-4-2-6-15(13)17;2-1(3,4)5/h12-15H,1-11H2;(H,2,3,4,5)/t12?,13?,14-,15+;. The average molecular weight is 335 g/mol. The lowest BCUT2D eigenvalue weighted by molar-refractivity contribution is -1.92. The number of hydrogen-bond donors (Lipinski definition) is 1. The number of piperidine rings is 4. The Labute approximate surface area is 134 Å². The van der Waals surface area contributed by atoms with Crippen LogP contribution in [0.1, 0.15) is 44.9 Å². The summed E-state index contributed by atoms with van der Waals surface area (Å²) in [5, 5.41) is 0. The van der Waals surface area contributed by atoms with Crippen LogP contribution in [-0.2, 0) is 0 Å². The van der Waals surface area contributed by atoms with Gasteiger partial charge < -0.3 is 0 Å². The van der Waals surface area contributed by atoms with Crippen LogP contribution in [0.15, 0.2) is 0 Å². The molecule has 1 N–H and O–H groups in total. The van der Waals surface area contributed by atoms with Gasteiger partial charge in [0.1, 0.15) is 0 Å². The molecule has 4 saturated heterocycles. The highest BCUT2D eigenvalue weighted by molar-refractivity contribution is 5.00. The molecule has 4 fully saturated rings. The molecule has 0 aromatic carbocycles. The molecule has 4 atom stereocenters. The topological polar surface area (TPSA) is 95.9 Å². The van der Waals surface area contributed by atoms with Gasteiger partial charge in [0.2, 0.25) is 0 Å². The molecule has 22 heavy (non-hydrogen) atoms. The summed E-state index contributed by atoms with van der Waals surface area (Å²) in [4.78, 5) is 5.74. The Hall–Kier alpha value is 0.0500. The molecule has 4 aliphatic rings. The summed E-state index contributed by atoms with van der Waals surface area (Å²) in [5.74, 6) is 2.03. The lowest BCUT2D eigenvalue weighted by atomic mass is 9.71. The van der Waals surface area contributed by atoms with E-state index in [4.69, 9.17) is 18.6 Å². The Balaban J connectivity index is 0.000000254. The monoisotopic (exact) mass is 334 g/mol. The number of hydrogen-bond acceptors (Lipinski definition) is 6. The molecule has 0 aliphatic carbocycles. The molecule has 0 amide bonds. The minimum Gasteiger partial charge on any atom is -0.300 e. The fraction of sp³-hybridized carbons (Fsp3) is 1.00. The average Bonchev–Trinajstić information content (AvgIpc) is 2.46. The van der Waals surface area contributed by atoms with Gasteiger partial charge in [0.05, 0.1) is 14.9 Å². The largest absolute Gasteiger partial charge is 0.300 e. The first-order valence-electron chi connectivity index (χ1n) is 8.53. The van der Waals surface area contributed by atoms with Gasteiger partial charge in [0, 0.05) is 25.2 Å². The highest BCUT2D eigenvalue weighted by Crippen LogP contribution is 2.42. The van der Waals surface area contributed by atoms with E-state index < -0.39 is 10.2 Å². The Kier molecular flexibility index (Phi) is 5.29. The molecule has 0 spiro atoms. The molecule has 4 aliphatic heterocycles. The van der Waals surface area contributed by atoms with E-state index in [1.54, 1.807) is 6.42 Å². The second-order valence-electron chi connectivity index (χ2n) is 7.27. The Morgan fingerprint density at radius 1 is 0.773 bits per heavy atom. The maximum absolute atomic E-state index is 8.60. The van der Waals surface area contributed by atoms with Crippen molar-refractivity contribution in [2.75, 3.05) is 26.2 Å². The predicted octanol–water partition coefficient (Wildman–Crippen LogP) is -1.78. The summed E-state index contributed by atoms with van der Waals surface area (Å²) in [6.07, 6.45) is 10.5. The zero-order valence-electron chi connectivity index (χ0n) is 13.0. The molecule has 0 radical (unpaired) electrons. The minimum absolute atomic E-state index is 0.961. The minimum atomic E-state index is -4.69. The van der Waals surface area contributed by atoms with Crippen molar-refractivity contribution in [3.63, 3.8) is 0 Å². The van der Waals surface area contributed by atoms with Crippen LogP contribution in [0.2, 0.25) is 0 Å². The van der Waals surface area contributed by atoms with Gasteiger partial charge in [-0.25, -0.2) is 0 Å². The molecule has 0 saturated carbocycles. The van der Waals surface area contributed by atoms with E-state index in [2.05, 4.69) is 9.80 Å². The van der Waals surface area contributed by atoms with Gasteiger partial charge >= 0.3 is 0 Å². The third-order valence-corrected chi connectivity index (χ3v) is 5.96. The van der Waals surface area contributed by atoms with Crippen molar-refractivity contribution in [1.82, 2.24) is 9.80 Å². The fourth-order valence-corrected chi connectivity index (χ4v) is 5.25. The Morgan fingerprint density at radius 3 is 1.59 bits per heavy atom. The van der Waals surface area contributed by atoms with Crippen molar-refractivity contribution in [2.24, 2.45) is 11.8 Å². The second kappa shape index (κ2) is 6.89. The van der Waals surface area contributed by atoms with Gasteiger partial charge in [-0.1, -0.05) is 12.8 Å². The normalized spacial score (nSPS) is 39.3. The molecule has 4 rings (SSSR count). The van der Waals surface area contributed by atoms with Crippen LogP contribution in [0.25, 0.3) is 0 Å². The maximum Gasteiger partial charge on any atom is 0.0777 e. The number of nitrogens with zero attached hydrogens (tertiary/aromatic N) is 2. The van der Waals surface area contributed by atoms with Crippen LogP contribution in [0.4, 0.5) is 0 Å². The van der Waals surface area contributed by atoms with Gasteiger partial charge in [-0.2, -0.15) is 14.0 Å². The first kappa shape index (κ1) is 16.9. The van der Waals surface area contributed by atoms with Crippen LogP contribution in [-0.4, -0.2) is 52.7 Å². The first-order valence-corrected chi connectivity index (χ1v) is 9.79. The van der Waals surface area contributed by atoms with E-state index in [1.807, 2.05) is 0 Å². The summed E-state index contributed by atoms with van der Waals surface area (Å²) in [6, 6.07) is 1.92. The van der Waals surface area contributed by atoms with E-state index in [-0.39, 0.29) is 0 Å². The summed E-state index contributed by atoms with van der Waals surface area (Å²) in [5.41, 5.74) is 0. The third kappa shape index (κ3) is 4.12. The quantitative estimate of drug-likeness (QED) is 0.563. The SMILES string of the molecule is C1CCN2CC3CC(CN4CCCC[C@@H]34)[C@H]2C1.[O-][Cl+3]([O-])([O-])O. The maximum atomic E-state index is 8.60. The fourth-order valence-electron chi connectivity index (χ4n) is 5.25. The van der Waals surface area contributed by atoms with Crippen LogP contribution < -0.4 is 14.0 Å². The molecule has 6 nitrogen and oxygen atoms in total. The first-order chi connectivity index (χ1) is 10.4. The van der Waals surface area contributed by atoms with Crippen molar-refractivity contribution >= 4 is 0 Å². The van der Waals surface area contributed by atoms with E-state index in [0.29, 0.717) is 0 Å². The van der Waals surface area contributed by atoms with Crippen LogP contribution in [0.3, 0.4) is 0 Å². The van der Waals surface area contributed by atoms with Crippen molar-refractivity contribution in [3.8, 4) is 0 Å². The zero-order valence-corrected chi connectivity index (χ0v) is 13.8. The molecule has 128 valence electrons. The lowest BCUT2D eigenvalue weighted by Crippen LogP contribution is -2.63. The Bertz CT molecular complexity index is 345. The summed E-state index contributed by atoms with van der Waals surface area (Å²) < 4.78 is 32.7. The van der Waals surface area contributed by atoms with Gasteiger partial charge in [-0.3, -0.25) is 9.80 Å². The van der Waals surface area contributed by atoms with Crippen LogP contribution >= 0.6 is 0 Å². The molecule has 2 bridgehead atoms. The van der Waals surface area contributed by atoms with E-state index in [1.165, 1.54) is 64.7 Å². The van der Waals surface area contributed by atoms with E-state index in [0.717, 1.165) is 23.9 Å². The van der Waals surface area contributed by atoms with Crippen molar-refractivity contribution < 1.29 is 28.9 Å². The highest BCUT2D eigenvalue weighted by atomic mass is 35.7. The van der Waals surface area contributed by atoms with Crippen LogP contribution in [0, 0.1) is 22.1 Å². The Morgan fingerprint density at radius 2 is 1.18 bits per heavy atom. The molecule has 0 aromatic rings. The van der Waals surface area contributed by atoms with Gasteiger partial charge in [0.15, 0.2) is 0 Å². The second-order valence-corrected chi connectivity index (χ2v) is 8.06. The van der Waals surface area contributed by atoms with Gasteiger partial charge in [-0.15, -0.1) is 0 Å². The zero-order chi connectivity index (χ0) is 15.7. The summed E-state index contributed by atoms with van der Waals surface area (Å²) in [7, 11) is -4.69. The highest BCUT2D eigenvalue weighted by Gasteiger charge is 2.46. The van der Waals surface area contributed by atoms with Gasteiger partial charge in [-0.05, 0) is 57.0 Å². The number of fused-ring (bicyclic) bond motifs is 6. The summed E-state index contributed by atoms with van der Waals surface area (Å²) >= 11 is 0. The molecular formula is C15H27ClN2O4. The van der Waals surface area contributed by atoms with Crippen molar-refractivity contribution in [3.05, 3.63) is 0 Å². The predicted molar refractivity (Wildman–Crippen MR) is 72.2 cm³/mol. The molecular weight excluding hydrogens is 308 g/mol. The van der Waals surface area contributed by atoms with Gasteiger partial charge in [0.25, 0.3) is 0 Å². The third-order valence-electron chi connectivity index (χ3n) is 5.96. The van der Waals surface area contributed by atoms with Crippen molar-refractivity contribution in [2.45, 2.75) is 57.0 Å². The summed E-state index contributed by atoms with van der Waals surface area (Å²) in [6.45, 7) is 5.68.